The first-order valence-electron chi connectivity index (χ1n) is 9.50. The van der Waals surface area contributed by atoms with Crippen molar-refractivity contribution in [2.75, 3.05) is 7.11 Å². The zero-order valence-electron chi connectivity index (χ0n) is 17.9. The summed E-state index contributed by atoms with van der Waals surface area (Å²) in [5.74, 6) is -7.59. The van der Waals surface area contributed by atoms with Crippen LogP contribution in [0.2, 0.25) is 0 Å². The van der Waals surface area contributed by atoms with Crippen LogP contribution in [-0.2, 0) is 9.53 Å². The molecule has 0 bridgehead atoms. The van der Waals surface area contributed by atoms with Crippen LogP contribution in [0.1, 0.15) is 32.3 Å². The molecule has 0 aromatic heterocycles. The molecule has 3 N–H and O–H groups in total. The fourth-order valence-electron chi connectivity index (χ4n) is 3.61. The summed E-state index contributed by atoms with van der Waals surface area (Å²) < 4.78 is 105. The lowest BCUT2D eigenvalue weighted by Gasteiger charge is -2.32. The van der Waals surface area contributed by atoms with Gasteiger partial charge in [0.25, 0.3) is 5.91 Å². The van der Waals surface area contributed by atoms with Crippen molar-refractivity contribution < 1.29 is 45.0 Å². The number of allylic oxidation sites excluding steroid dienone is 2. The molecular formula is C20H22F7N3O3. The Morgan fingerprint density at radius 3 is 2.42 bits per heavy atom. The largest absolute Gasteiger partial charge is 0.493 e. The predicted molar refractivity (Wildman–Crippen MR) is 104 cm³/mol. The van der Waals surface area contributed by atoms with Crippen molar-refractivity contribution >= 4 is 12.1 Å². The minimum absolute atomic E-state index is 0.167. The van der Waals surface area contributed by atoms with Gasteiger partial charge in [0.2, 0.25) is 5.82 Å². The molecule has 1 fully saturated rings. The Hall–Kier alpha value is -2.83. The number of aliphatic imine (C=N–C) groups is 1. The Morgan fingerprint density at radius 1 is 1.33 bits per heavy atom. The summed E-state index contributed by atoms with van der Waals surface area (Å²) >= 11 is 0. The Balaban J connectivity index is 2.60. The third kappa shape index (κ3) is 5.07. The highest BCUT2D eigenvalue weighted by Gasteiger charge is 2.65. The highest BCUT2D eigenvalue weighted by Crippen LogP contribution is 2.54. The molecule has 13 heteroatoms. The number of carbonyl (C=O) groups excluding carboxylic acids is 1. The van der Waals surface area contributed by atoms with Gasteiger partial charge in [-0.15, -0.1) is 0 Å². The van der Waals surface area contributed by atoms with E-state index < -0.39 is 65.3 Å². The Morgan fingerprint density at radius 2 is 1.94 bits per heavy atom. The number of methoxy groups -OCH3 is 1. The van der Waals surface area contributed by atoms with E-state index in [4.69, 9.17) is 15.2 Å². The Kier molecular flexibility index (Phi) is 7.67. The molecule has 1 aromatic rings. The fraction of sp³-hybridized carbons (Fsp3) is 0.500. The van der Waals surface area contributed by atoms with Gasteiger partial charge < -0.3 is 20.5 Å². The van der Waals surface area contributed by atoms with E-state index in [1.807, 2.05) is 0 Å². The van der Waals surface area contributed by atoms with E-state index >= 15 is 0 Å². The monoisotopic (exact) mass is 485 g/mol. The summed E-state index contributed by atoms with van der Waals surface area (Å²) in [6.45, 7) is -0.0456. The number of rotatable bonds is 6. The normalized spacial score (nSPS) is 26.6. The second kappa shape index (κ2) is 9.57. The van der Waals surface area contributed by atoms with Crippen molar-refractivity contribution in [3.63, 3.8) is 0 Å². The van der Waals surface area contributed by atoms with Crippen LogP contribution in [0.5, 0.6) is 5.75 Å². The summed E-state index contributed by atoms with van der Waals surface area (Å²) in [5, 5.41) is 2.12. The van der Waals surface area contributed by atoms with Crippen LogP contribution < -0.4 is 15.8 Å². The average Bonchev–Trinajstić information content (AvgIpc) is 2.98. The molecule has 33 heavy (non-hydrogen) atoms. The maximum absolute atomic E-state index is 14.3. The van der Waals surface area contributed by atoms with E-state index in [0.717, 1.165) is 20.1 Å². The highest BCUT2D eigenvalue weighted by atomic mass is 19.4. The molecule has 1 saturated heterocycles. The van der Waals surface area contributed by atoms with E-state index in [-0.39, 0.29) is 11.3 Å². The lowest BCUT2D eigenvalue weighted by atomic mass is 9.77. The summed E-state index contributed by atoms with van der Waals surface area (Å²) in [5.41, 5.74) is 1.87. The van der Waals surface area contributed by atoms with Gasteiger partial charge in [-0.25, -0.2) is 9.38 Å². The number of amides is 1. The van der Waals surface area contributed by atoms with Crippen molar-refractivity contribution in [3.8, 4) is 5.75 Å². The number of hydrogen-bond acceptors (Lipinski definition) is 5. The van der Waals surface area contributed by atoms with Crippen LogP contribution in [0, 0.1) is 17.6 Å². The molecule has 2 rings (SSSR count). The lowest BCUT2D eigenvalue weighted by Crippen LogP contribution is -2.47. The van der Waals surface area contributed by atoms with Crippen molar-refractivity contribution in [2.24, 2.45) is 16.6 Å². The Bertz CT molecular complexity index is 961. The van der Waals surface area contributed by atoms with Gasteiger partial charge in [0.05, 0.1) is 19.0 Å². The molecule has 0 unspecified atom stereocenters. The number of nitrogens with one attached hydrogen (secondary N) is 1. The predicted octanol–water partition coefficient (Wildman–Crippen LogP) is 4.01. The molecule has 0 radical (unpaired) electrons. The summed E-state index contributed by atoms with van der Waals surface area (Å²) in [7, 11) is 0.985. The third-order valence-corrected chi connectivity index (χ3v) is 5.57. The van der Waals surface area contributed by atoms with Gasteiger partial charge in [-0.3, -0.25) is 4.79 Å². The molecule has 4 atom stereocenters. The van der Waals surface area contributed by atoms with E-state index in [1.165, 1.54) is 6.92 Å². The number of ether oxygens (including phenoxy) is 2. The first-order valence-corrected chi connectivity index (χ1v) is 9.50. The third-order valence-electron chi connectivity index (χ3n) is 5.57. The summed E-state index contributed by atoms with van der Waals surface area (Å²) in [4.78, 5) is 15.7. The zero-order chi connectivity index (χ0) is 25.3. The van der Waals surface area contributed by atoms with Crippen LogP contribution in [0.3, 0.4) is 0 Å². The number of alkyl halides is 5. The van der Waals surface area contributed by atoms with E-state index in [1.54, 1.807) is 0 Å². The average molecular weight is 485 g/mol. The molecule has 0 saturated carbocycles. The van der Waals surface area contributed by atoms with Crippen molar-refractivity contribution in [1.82, 2.24) is 5.32 Å². The van der Waals surface area contributed by atoms with Gasteiger partial charge in [0.15, 0.2) is 17.2 Å². The number of hydrogen-bond donors (Lipinski definition) is 2. The molecule has 184 valence electrons. The summed E-state index contributed by atoms with van der Waals surface area (Å²) in [6, 6.07) is 1.68. The minimum atomic E-state index is -4.95. The van der Waals surface area contributed by atoms with Crippen LogP contribution >= 0.6 is 0 Å². The quantitative estimate of drug-likeness (QED) is 0.362. The van der Waals surface area contributed by atoms with Crippen LogP contribution in [0.25, 0.3) is 0 Å². The molecule has 1 aliphatic heterocycles. The number of benzene rings is 1. The minimum Gasteiger partial charge on any atom is -0.493 e. The van der Waals surface area contributed by atoms with Gasteiger partial charge in [-0.05, 0) is 19.9 Å². The number of carbonyl (C=O) groups is 1. The first-order chi connectivity index (χ1) is 15.2. The molecule has 0 spiro atoms. The van der Waals surface area contributed by atoms with Crippen molar-refractivity contribution in [2.45, 2.75) is 51.1 Å². The number of halogens is 7. The smallest absolute Gasteiger partial charge is 0.417 e. The van der Waals surface area contributed by atoms with Crippen molar-refractivity contribution in [1.29, 1.82) is 0 Å². The second-order valence-electron chi connectivity index (χ2n) is 7.58. The molecule has 1 heterocycles. The maximum atomic E-state index is 14.3. The maximum Gasteiger partial charge on any atom is 0.417 e. The van der Waals surface area contributed by atoms with Crippen LogP contribution in [0.15, 0.2) is 28.5 Å². The van der Waals surface area contributed by atoms with Gasteiger partial charge in [-0.2, -0.15) is 26.3 Å². The number of nitrogens with zero attached hydrogens (tertiary/aromatic N) is 1. The topological polar surface area (TPSA) is 85.9 Å². The number of nitrogens with two attached hydrogens (primary N) is 1. The van der Waals surface area contributed by atoms with E-state index in [0.29, 0.717) is 19.2 Å². The fourth-order valence-corrected chi connectivity index (χ4v) is 3.61. The SMILES string of the molecule is COc1c([C@H]2[C@H](C(=O)NC(/C=N/C(F)F)=C(\C)N)O[C@@](C)(C(F)(F)F)[C@H]2C)ccc(F)c1F. The lowest BCUT2D eigenvalue weighted by molar-refractivity contribution is -0.272. The summed E-state index contributed by atoms with van der Waals surface area (Å²) in [6.07, 6.45) is -6.31. The van der Waals surface area contributed by atoms with Gasteiger partial charge >= 0.3 is 12.7 Å². The van der Waals surface area contributed by atoms with E-state index in [2.05, 4.69) is 10.3 Å². The van der Waals surface area contributed by atoms with Gasteiger partial charge in [0, 0.05) is 23.1 Å². The zero-order valence-corrected chi connectivity index (χ0v) is 17.9. The Labute approximate surface area is 184 Å². The molecule has 1 amide bonds. The standard InChI is InChI=1S/C20H22F7N3O3/c1-8-13(10-5-6-11(21)14(22)15(10)32-4)16(33-19(8,3)20(25,26)27)17(31)30-12(9(2)28)7-29-18(23)24/h5-8,13,16,18H,28H2,1-4H3,(H,30,31)/b12-9+,29-7+/t8-,13-,16+,19+/m0/s1. The van der Waals surface area contributed by atoms with Crippen LogP contribution in [-0.4, -0.2) is 43.7 Å². The molecule has 6 nitrogen and oxygen atoms in total. The molecule has 1 aromatic carbocycles. The molecular weight excluding hydrogens is 463 g/mol. The van der Waals surface area contributed by atoms with E-state index in [9.17, 15) is 35.5 Å². The highest BCUT2D eigenvalue weighted by molar-refractivity contribution is 5.91. The van der Waals surface area contributed by atoms with Gasteiger partial charge in [-0.1, -0.05) is 13.0 Å². The molecule has 0 aliphatic carbocycles. The first kappa shape index (κ1) is 26.4. The van der Waals surface area contributed by atoms with Gasteiger partial charge in [0.1, 0.15) is 6.10 Å². The second-order valence-corrected chi connectivity index (χ2v) is 7.58. The van der Waals surface area contributed by atoms with Crippen molar-refractivity contribution in [3.05, 3.63) is 40.7 Å². The molecule has 1 aliphatic rings. The van der Waals surface area contributed by atoms with Crippen LogP contribution in [0.4, 0.5) is 30.7 Å².